The van der Waals surface area contributed by atoms with E-state index in [4.69, 9.17) is 9.15 Å². The maximum atomic E-state index is 5.07. The summed E-state index contributed by atoms with van der Waals surface area (Å²) in [6.07, 6.45) is 18.7. The molecule has 116 valence electrons. The van der Waals surface area contributed by atoms with Crippen LogP contribution in [0.25, 0.3) is 0 Å². The smallest absolute Gasteiger partial charge is 0.0934 e. The molecular weight excluding hydrogens is 260 g/mol. The monoisotopic (exact) mass is 288 g/mol. The zero-order valence-electron chi connectivity index (χ0n) is 13.6. The summed E-state index contributed by atoms with van der Waals surface area (Å²) < 4.78 is 9.96. The molecule has 1 aromatic rings. The lowest BCUT2D eigenvalue weighted by Gasteiger charge is -2.01. The number of ether oxygens (including phenoxy) is 1. The van der Waals surface area contributed by atoms with Crippen molar-refractivity contribution in [1.29, 1.82) is 0 Å². The number of methoxy groups -OCH3 is 1. The summed E-state index contributed by atoms with van der Waals surface area (Å²) in [5, 5.41) is 0. The fourth-order valence-corrected chi connectivity index (χ4v) is 2.15. The van der Waals surface area contributed by atoms with Crippen LogP contribution in [0.4, 0.5) is 0 Å². The van der Waals surface area contributed by atoms with Gasteiger partial charge < -0.3 is 9.15 Å². The molecule has 0 fully saturated rings. The van der Waals surface area contributed by atoms with Crippen LogP contribution in [0, 0.1) is 0 Å². The van der Waals surface area contributed by atoms with E-state index in [1.165, 1.54) is 16.7 Å². The second-order valence-electron chi connectivity index (χ2n) is 5.46. The first-order chi connectivity index (χ1) is 10.2. The quantitative estimate of drug-likeness (QED) is 0.399. The Bertz CT molecular complexity index is 450. The van der Waals surface area contributed by atoms with Gasteiger partial charge in [-0.2, -0.15) is 0 Å². The van der Waals surface area contributed by atoms with E-state index >= 15 is 0 Å². The minimum Gasteiger partial charge on any atom is -0.505 e. The first kappa shape index (κ1) is 17.4. The fourth-order valence-electron chi connectivity index (χ4n) is 2.15. The van der Waals surface area contributed by atoms with Gasteiger partial charge in [0.15, 0.2) is 0 Å². The third-order valence-corrected chi connectivity index (χ3v) is 3.48. The zero-order chi connectivity index (χ0) is 15.3. The summed E-state index contributed by atoms with van der Waals surface area (Å²) in [4.78, 5) is 0. The minimum absolute atomic E-state index is 1.05. The van der Waals surface area contributed by atoms with Crippen LogP contribution in [0.15, 0.2) is 58.6 Å². The van der Waals surface area contributed by atoms with Crippen molar-refractivity contribution >= 4 is 0 Å². The van der Waals surface area contributed by atoms with Crippen LogP contribution >= 0.6 is 0 Å². The highest BCUT2D eigenvalue weighted by molar-refractivity contribution is 5.09. The Hall–Kier alpha value is -1.70. The largest absolute Gasteiger partial charge is 0.505 e. The van der Waals surface area contributed by atoms with Crippen molar-refractivity contribution in [1.82, 2.24) is 0 Å². The molecule has 21 heavy (non-hydrogen) atoms. The average molecular weight is 288 g/mol. The topological polar surface area (TPSA) is 22.4 Å². The molecule has 1 rings (SSSR count). The molecule has 0 N–H and O–H groups in total. The molecule has 0 bridgehead atoms. The Kier molecular flexibility index (Phi) is 9.10. The molecule has 2 heteroatoms. The van der Waals surface area contributed by atoms with Crippen molar-refractivity contribution in [2.24, 2.45) is 0 Å². The van der Waals surface area contributed by atoms with Gasteiger partial charge in [-0.25, -0.2) is 0 Å². The van der Waals surface area contributed by atoms with E-state index in [-0.39, 0.29) is 0 Å². The number of aryl methyl sites for hydroxylation is 1. The third-order valence-electron chi connectivity index (χ3n) is 3.48. The van der Waals surface area contributed by atoms with E-state index in [0.717, 1.165) is 38.5 Å². The summed E-state index contributed by atoms with van der Waals surface area (Å²) >= 11 is 0. The lowest BCUT2D eigenvalue weighted by atomic mass is 10.1. The van der Waals surface area contributed by atoms with E-state index in [9.17, 15) is 0 Å². The number of rotatable bonds is 10. The zero-order valence-corrected chi connectivity index (χ0v) is 13.6. The summed E-state index contributed by atoms with van der Waals surface area (Å²) in [5.41, 5.74) is 4.21. The number of hydrogen-bond donors (Lipinski definition) is 0. The van der Waals surface area contributed by atoms with Gasteiger partial charge in [0.05, 0.1) is 25.9 Å². The first-order valence-corrected chi connectivity index (χ1v) is 7.72. The summed E-state index contributed by atoms with van der Waals surface area (Å²) in [7, 11) is 1.68. The van der Waals surface area contributed by atoms with Crippen LogP contribution in [-0.4, -0.2) is 7.11 Å². The lowest BCUT2D eigenvalue weighted by Crippen LogP contribution is -1.83. The van der Waals surface area contributed by atoms with Gasteiger partial charge in [-0.05, 0) is 70.1 Å². The van der Waals surface area contributed by atoms with Crippen molar-refractivity contribution in [3.8, 4) is 0 Å². The van der Waals surface area contributed by atoms with E-state index < -0.39 is 0 Å². The Morgan fingerprint density at radius 2 is 1.81 bits per heavy atom. The molecule has 0 amide bonds. The second-order valence-corrected chi connectivity index (χ2v) is 5.46. The van der Waals surface area contributed by atoms with Gasteiger partial charge in [0.1, 0.15) is 0 Å². The summed E-state index contributed by atoms with van der Waals surface area (Å²) in [6, 6.07) is 2.04. The maximum absolute atomic E-state index is 5.07. The predicted octanol–water partition coefficient (Wildman–Crippen LogP) is 5.83. The molecule has 0 aliphatic rings. The number of furan rings is 1. The highest BCUT2D eigenvalue weighted by atomic mass is 16.5. The van der Waals surface area contributed by atoms with Gasteiger partial charge in [-0.15, -0.1) is 0 Å². The van der Waals surface area contributed by atoms with E-state index in [1.807, 2.05) is 12.3 Å². The second kappa shape index (κ2) is 11.0. The molecular formula is C19H28O2. The fraction of sp³-hybridized carbons (Fsp3) is 0.474. The lowest BCUT2D eigenvalue weighted by molar-refractivity contribution is 0.336. The minimum atomic E-state index is 1.05. The van der Waals surface area contributed by atoms with Gasteiger partial charge >= 0.3 is 0 Å². The van der Waals surface area contributed by atoms with Crippen molar-refractivity contribution in [3.63, 3.8) is 0 Å². The van der Waals surface area contributed by atoms with Crippen molar-refractivity contribution in [3.05, 3.63) is 59.8 Å². The Labute approximate surface area is 129 Å². The molecule has 0 spiro atoms. The Morgan fingerprint density at radius 3 is 2.48 bits per heavy atom. The van der Waals surface area contributed by atoms with E-state index in [0.29, 0.717) is 0 Å². The van der Waals surface area contributed by atoms with Crippen LogP contribution < -0.4 is 0 Å². The Morgan fingerprint density at radius 1 is 1.10 bits per heavy atom. The van der Waals surface area contributed by atoms with Crippen LogP contribution in [0.5, 0.6) is 0 Å². The molecule has 0 saturated heterocycles. The van der Waals surface area contributed by atoms with Crippen LogP contribution in [0.1, 0.15) is 51.5 Å². The highest BCUT2D eigenvalue weighted by Crippen LogP contribution is 2.12. The van der Waals surface area contributed by atoms with Crippen molar-refractivity contribution < 1.29 is 9.15 Å². The van der Waals surface area contributed by atoms with Gasteiger partial charge in [-0.1, -0.05) is 23.3 Å². The van der Waals surface area contributed by atoms with E-state index in [1.54, 1.807) is 19.6 Å². The van der Waals surface area contributed by atoms with Crippen molar-refractivity contribution in [2.45, 2.75) is 52.4 Å². The molecule has 1 aromatic heterocycles. The molecule has 1 heterocycles. The number of allylic oxidation sites excluding steroid dienone is 5. The average Bonchev–Trinajstić information content (AvgIpc) is 2.97. The third kappa shape index (κ3) is 8.96. The molecule has 0 radical (unpaired) electrons. The summed E-state index contributed by atoms with van der Waals surface area (Å²) in [6.45, 7) is 4.43. The molecule has 0 saturated carbocycles. The molecule has 0 aromatic carbocycles. The van der Waals surface area contributed by atoms with E-state index in [2.05, 4.69) is 32.1 Å². The molecule has 0 atom stereocenters. The maximum Gasteiger partial charge on any atom is 0.0934 e. The highest BCUT2D eigenvalue weighted by Gasteiger charge is 1.94. The van der Waals surface area contributed by atoms with Gasteiger partial charge in [0, 0.05) is 0 Å². The predicted molar refractivity (Wildman–Crippen MR) is 89.2 cm³/mol. The normalized spacial score (nSPS) is 13.1. The Balaban J connectivity index is 2.16. The number of hydrogen-bond acceptors (Lipinski definition) is 2. The molecule has 2 nitrogen and oxygen atoms in total. The van der Waals surface area contributed by atoms with Crippen molar-refractivity contribution in [2.75, 3.05) is 7.11 Å². The van der Waals surface area contributed by atoms with Crippen LogP contribution in [-0.2, 0) is 11.2 Å². The van der Waals surface area contributed by atoms with Gasteiger partial charge in [-0.3, -0.25) is 0 Å². The van der Waals surface area contributed by atoms with Crippen LogP contribution in [0.2, 0.25) is 0 Å². The first-order valence-electron chi connectivity index (χ1n) is 7.72. The van der Waals surface area contributed by atoms with Gasteiger partial charge in [0.2, 0.25) is 0 Å². The molecule has 0 unspecified atom stereocenters. The SMILES string of the molecule is CO/C=C/CC/C(C)=C/CC/C(C)=C/CCc1ccoc1. The summed E-state index contributed by atoms with van der Waals surface area (Å²) in [5.74, 6) is 0. The standard InChI is InChI=1S/C19H28O2/c1-17(8-4-5-14-20-3)9-6-10-18(2)11-7-12-19-13-15-21-16-19/h5,9,11,13-16H,4,6-8,10,12H2,1-3H3/b14-5+,17-9+,18-11+. The molecule has 0 aliphatic heterocycles. The van der Waals surface area contributed by atoms with Gasteiger partial charge in [0.25, 0.3) is 0 Å². The molecule has 0 aliphatic carbocycles. The van der Waals surface area contributed by atoms with Crippen LogP contribution in [0.3, 0.4) is 0 Å².